The summed E-state index contributed by atoms with van der Waals surface area (Å²) in [5.74, 6) is 1.29. The van der Waals surface area contributed by atoms with Crippen LogP contribution in [0.4, 0.5) is 10.5 Å². The van der Waals surface area contributed by atoms with Crippen LogP contribution in [0.3, 0.4) is 0 Å². The number of rotatable bonds is 3. The van der Waals surface area contributed by atoms with Gasteiger partial charge >= 0.3 is 6.03 Å². The van der Waals surface area contributed by atoms with Gasteiger partial charge in [-0.2, -0.15) is 0 Å². The van der Waals surface area contributed by atoms with Gasteiger partial charge in [-0.05, 0) is 26.0 Å². The molecule has 0 unspecified atom stereocenters. The third kappa shape index (κ3) is 2.50. The maximum absolute atomic E-state index is 12.0. The van der Waals surface area contributed by atoms with Crippen LogP contribution < -0.4 is 14.8 Å². The smallest absolute Gasteiger partial charge is 0.321 e. The van der Waals surface area contributed by atoms with Crippen LogP contribution in [0.2, 0.25) is 0 Å². The van der Waals surface area contributed by atoms with E-state index in [0.717, 1.165) is 0 Å². The number of fused-ring (bicyclic) bond motifs is 1. The highest BCUT2D eigenvalue weighted by molar-refractivity contribution is 5.91. The van der Waals surface area contributed by atoms with Gasteiger partial charge in [0.05, 0.1) is 5.69 Å². The lowest BCUT2D eigenvalue weighted by molar-refractivity contribution is 0.172. The Morgan fingerprint density at radius 3 is 2.72 bits per heavy atom. The first-order valence-electron chi connectivity index (χ1n) is 6.20. The van der Waals surface area contributed by atoms with E-state index in [4.69, 9.17) is 9.47 Å². The van der Waals surface area contributed by atoms with Crippen LogP contribution in [0.15, 0.2) is 18.2 Å². The molecule has 0 saturated carbocycles. The van der Waals surface area contributed by atoms with E-state index in [-0.39, 0.29) is 6.03 Å². The molecule has 0 atom stereocenters. The number of hydrogen-bond acceptors (Lipinski definition) is 3. The molecule has 1 aliphatic rings. The lowest BCUT2D eigenvalue weighted by Crippen LogP contribution is -2.34. The number of ether oxygens (including phenoxy) is 2. The minimum Gasteiger partial charge on any atom is -0.486 e. The standard InChI is InChI=1S/C13H18N2O3/c1-3-15(4-2)13(16)14-10-6-5-7-11-12(10)18-9-8-17-11/h5-7H,3-4,8-9H2,1-2H3,(H,14,16). The number of nitrogens with one attached hydrogen (secondary N) is 1. The highest BCUT2D eigenvalue weighted by Gasteiger charge is 2.18. The fourth-order valence-electron chi connectivity index (χ4n) is 1.88. The molecule has 0 aromatic heterocycles. The first-order chi connectivity index (χ1) is 8.76. The van der Waals surface area contributed by atoms with Crippen molar-refractivity contribution in [3.63, 3.8) is 0 Å². The van der Waals surface area contributed by atoms with E-state index >= 15 is 0 Å². The molecule has 0 bridgehead atoms. The van der Waals surface area contributed by atoms with Gasteiger partial charge in [0.2, 0.25) is 0 Å². The number of carbonyl (C=O) groups excluding carboxylic acids is 1. The van der Waals surface area contributed by atoms with Gasteiger partial charge in [-0.25, -0.2) is 4.79 Å². The van der Waals surface area contributed by atoms with E-state index in [1.165, 1.54) is 0 Å². The Morgan fingerprint density at radius 2 is 2.00 bits per heavy atom. The SMILES string of the molecule is CCN(CC)C(=O)Nc1cccc2c1OCCO2. The van der Waals surface area contributed by atoms with Crippen LogP contribution >= 0.6 is 0 Å². The molecule has 1 heterocycles. The quantitative estimate of drug-likeness (QED) is 0.895. The average Bonchev–Trinajstić information content (AvgIpc) is 2.40. The monoisotopic (exact) mass is 250 g/mol. The number of anilines is 1. The lowest BCUT2D eigenvalue weighted by Gasteiger charge is -2.23. The zero-order valence-corrected chi connectivity index (χ0v) is 10.7. The van der Waals surface area contributed by atoms with E-state index in [1.807, 2.05) is 32.0 Å². The molecule has 2 rings (SSSR count). The molecule has 1 N–H and O–H groups in total. The summed E-state index contributed by atoms with van der Waals surface area (Å²) in [4.78, 5) is 13.7. The summed E-state index contributed by atoms with van der Waals surface area (Å²) < 4.78 is 11.0. The van der Waals surface area contributed by atoms with Gasteiger partial charge in [0.15, 0.2) is 11.5 Å². The average molecular weight is 250 g/mol. The minimum atomic E-state index is -0.123. The Morgan fingerprint density at radius 1 is 1.28 bits per heavy atom. The van der Waals surface area contributed by atoms with Crippen molar-refractivity contribution in [2.24, 2.45) is 0 Å². The Hall–Kier alpha value is -1.91. The molecule has 5 nitrogen and oxygen atoms in total. The fourth-order valence-corrected chi connectivity index (χ4v) is 1.88. The molecule has 0 radical (unpaired) electrons. The number of carbonyl (C=O) groups is 1. The number of hydrogen-bond donors (Lipinski definition) is 1. The summed E-state index contributed by atoms with van der Waals surface area (Å²) in [7, 11) is 0. The molecule has 1 aromatic carbocycles. The van der Waals surface area contributed by atoms with Crippen LogP contribution in [0.5, 0.6) is 11.5 Å². The Bertz CT molecular complexity index is 430. The van der Waals surface area contributed by atoms with Crippen LogP contribution in [0.1, 0.15) is 13.8 Å². The topological polar surface area (TPSA) is 50.8 Å². The fraction of sp³-hybridized carbons (Fsp3) is 0.462. The molecule has 18 heavy (non-hydrogen) atoms. The van der Waals surface area contributed by atoms with Crippen LogP contribution in [-0.4, -0.2) is 37.2 Å². The largest absolute Gasteiger partial charge is 0.486 e. The highest BCUT2D eigenvalue weighted by atomic mass is 16.6. The third-order valence-electron chi connectivity index (χ3n) is 2.86. The van der Waals surface area contributed by atoms with Crippen molar-refractivity contribution in [1.29, 1.82) is 0 Å². The molecule has 0 spiro atoms. The van der Waals surface area contributed by atoms with Crippen molar-refractivity contribution in [2.45, 2.75) is 13.8 Å². The van der Waals surface area contributed by atoms with Gasteiger partial charge in [-0.15, -0.1) is 0 Å². The van der Waals surface area contributed by atoms with E-state index in [2.05, 4.69) is 5.32 Å². The summed E-state index contributed by atoms with van der Waals surface area (Å²) in [6, 6.07) is 5.37. The number of nitrogens with zero attached hydrogens (tertiary/aromatic N) is 1. The highest BCUT2D eigenvalue weighted by Crippen LogP contribution is 2.37. The van der Waals surface area contributed by atoms with Crippen LogP contribution in [0.25, 0.3) is 0 Å². The Kier molecular flexibility index (Phi) is 3.92. The number of urea groups is 1. The molecule has 0 saturated heterocycles. The van der Waals surface area contributed by atoms with Gasteiger partial charge in [0.25, 0.3) is 0 Å². The molecule has 5 heteroatoms. The molecular weight excluding hydrogens is 232 g/mol. The normalized spacial score (nSPS) is 13.0. The maximum Gasteiger partial charge on any atom is 0.321 e. The summed E-state index contributed by atoms with van der Waals surface area (Å²) in [6.07, 6.45) is 0. The first kappa shape index (κ1) is 12.5. The molecular formula is C13H18N2O3. The second kappa shape index (κ2) is 5.62. The van der Waals surface area contributed by atoms with E-state index in [0.29, 0.717) is 43.5 Å². The van der Waals surface area contributed by atoms with Gasteiger partial charge in [-0.1, -0.05) is 6.07 Å². The van der Waals surface area contributed by atoms with Gasteiger partial charge < -0.3 is 19.7 Å². The molecule has 1 aliphatic heterocycles. The van der Waals surface area contributed by atoms with Crippen LogP contribution in [-0.2, 0) is 0 Å². The zero-order chi connectivity index (χ0) is 13.0. The Labute approximate surface area is 107 Å². The first-order valence-corrected chi connectivity index (χ1v) is 6.20. The van der Waals surface area contributed by atoms with E-state index in [9.17, 15) is 4.79 Å². The number of benzene rings is 1. The third-order valence-corrected chi connectivity index (χ3v) is 2.86. The van der Waals surface area contributed by atoms with Gasteiger partial charge in [0.1, 0.15) is 13.2 Å². The second-order valence-electron chi connectivity index (χ2n) is 3.93. The van der Waals surface area contributed by atoms with E-state index in [1.54, 1.807) is 4.90 Å². The lowest BCUT2D eigenvalue weighted by atomic mass is 10.2. The van der Waals surface area contributed by atoms with Gasteiger partial charge in [-0.3, -0.25) is 0 Å². The summed E-state index contributed by atoms with van der Waals surface area (Å²) in [5, 5.41) is 2.85. The number of para-hydroxylation sites is 1. The van der Waals surface area contributed by atoms with Crippen molar-refractivity contribution in [2.75, 3.05) is 31.6 Å². The Balaban J connectivity index is 2.16. The molecule has 98 valence electrons. The van der Waals surface area contributed by atoms with Crippen molar-refractivity contribution in [3.8, 4) is 11.5 Å². The minimum absolute atomic E-state index is 0.123. The molecule has 1 aromatic rings. The van der Waals surface area contributed by atoms with Crippen molar-refractivity contribution < 1.29 is 14.3 Å². The summed E-state index contributed by atoms with van der Waals surface area (Å²) in [6.45, 7) is 6.29. The second-order valence-corrected chi connectivity index (χ2v) is 3.93. The van der Waals surface area contributed by atoms with Crippen LogP contribution in [0, 0.1) is 0 Å². The molecule has 0 fully saturated rings. The molecule has 2 amide bonds. The number of amides is 2. The summed E-state index contributed by atoms with van der Waals surface area (Å²) >= 11 is 0. The predicted octanol–water partition coefficient (Wildman–Crippen LogP) is 2.33. The van der Waals surface area contributed by atoms with Crippen molar-refractivity contribution in [3.05, 3.63) is 18.2 Å². The van der Waals surface area contributed by atoms with Crippen molar-refractivity contribution in [1.82, 2.24) is 4.90 Å². The molecule has 0 aliphatic carbocycles. The van der Waals surface area contributed by atoms with Gasteiger partial charge in [0, 0.05) is 13.1 Å². The zero-order valence-electron chi connectivity index (χ0n) is 10.7. The van der Waals surface area contributed by atoms with E-state index < -0.39 is 0 Å². The predicted molar refractivity (Wildman–Crippen MR) is 69.4 cm³/mol. The van der Waals surface area contributed by atoms with Crippen molar-refractivity contribution >= 4 is 11.7 Å². The maximum atomic E-state index is 12.0. The summed E-state index contributed by atoms with van der Waals surface area (Å²) in [5.41, 5.74) is 0.657.